The molecule has 0 saturated heterocycles. The molecule has 0 heterocycles. The van der Waals surface area contributed by atoms with Crippen LogP contribution in [-0.4, -0.2) is 25.9 Å². The maximum absolute atomic E-state index is 13.5. The molecule has 2 N–H and O–H groups in total. The van der Waals surface area contributed by atoms with E-state index < -0.39 is 5.82 Å². The number of halogens is 1. The first-order chi connectivity index (χ1) is 9.49. The smallest absolute Gasteiger partial charge is 0.306 e. The van der Waals surface area contributed by atoms with Gasteiger partial charge in [-0.15, -0.1) is 11.8 Å². The third kappa shape index (κ3) is 3.36. The monoisotopic (exact) mass is 299 g/mol. The van der Waals surface area contributed by atoms with Crippen molar-refractivity contribution < 1.29 is 18.7 Å². The van der Waals surface area contributed by atoms with Gasteiger partial charge in [0, 0.05) is 22.4 Å². The molecule has 110 valence electrons. The lowest BCUT2D eigenvalue weighted by Gasteiger charge is -2.14. The van der Waals surface area contributed by atoms with E-state index in [-0.39, 0.29) is 17.1 Å². The van der Waals surface area contributed by atoms with Crippen molar-refractivity contribution in [3.8, 4) is 5.75 Å². The minimum absolute atomic E-state index is 0.00577. The van der Waals surface area contributed by atoms with Gasteiger partial charge >= 0.3 is 5.97 Å². The van der Waals surface area contributed by atoms with Gasteiger partial charge in [0.2, 0.25) is 0 Å². The number of esters is 1. The zero-order valence-corrected chi connectivity index (χ0v) is 12.4. The number of methoxy groups -OCH3 is 2. The summed E-state index contributed by atoms with van der Waals surface area (Å²) in [6, 6.07) is 2.87. The van der Waals surface area contributed by atoms with Crippen molar-refractivity contribution in [2.75, 3.05) is 25.7 Å². The predicted molar refractivity (Wildman–Crippen MR) is 76.4 cm³/mol. The average Bonchev–Trinajstić information content (AvgIpc) is 3.17. The highest BCUT2D eigenvalue weighted by Crippen LogP contribution is 2.52. The zero-order chi connectivity index (χ0) is 14.8. The first kappa shape index (κ1) is 15.0. The largest absolute Gasteiger partial charge is 0.494 e. The van der Waals surface area contributed by atoms with Gasteiger partial charge in [-0.1, -0.05) is 0 Å². The van der Waals surface area contributed by atoms with Gasteiger partial charge in [-0.2, -0.15) is 0 Å². The highest BCUT2D eigenvalue weighted by Gasteiger charge is 2.44. The van der Waals surface area contributed by atoms with Crippen molar-refractivity contribution in [1.82, 2.24) is 0 Å². The van der Waals surface area contributed by atoms with Gasteiger partial charge in [-0.25, -0.2) is 4.39 Å². The van der Waals surface area contributed by atoms with Crippen LogP contribution < -0.4 is 10.5 Å². The molecule has 0 spiro atoms. The fourth-order valence-electron chi connectivity index (χ4n) is 1.99. The Bertz CT molecular complexity index is 517. The minimum atomic E-state index is -0.468. The molecule has 0 atom stereocenters. The molecule has 1 aromatic carbocycles. The molecule has 1 aromatic rings. The van der Waals surface area contributed by atoms with E-state index in [0.29, 0.717) is 12.1 Å². The van der Waals surface area contributed by atoms with E-state index in [1.807, 2.05) is 0 Å². The lowest BCUT2D eigenvalue weighted by Crippen LogP contribution is -2.13. The Kier molecular flexibility index (Phi) is 4.42. The van der Waals surface area contributed by atoms with Crippen molar-refractivity contribution in [1.29, 1.82) is 0 Å². The van der Waals surface area contributed by atoms with Crippen molar-refractivity contribution in [2.24, 2.45) is 5.41 Å². The highest BCUT2D eigenvalue weighted by molar-refractivity contribution is 7.99. The van der Waals surface area contributed by atoms with Crippen LogP contribution in [0.4, 0.5) is 10.1 Å². The van der Waals surface area contributed by atoms with Gasteiger partial charge in [0.15, 0.2) is 11.6 Å². The first-order valence-electron chi connectivity index (χ1n) is 6.32. The van der Waals surface area contributed by atoms with Gasteiger partial charge in [-0.05, 0) is 24.3 Å². The molecule has 0 bridgehead atoms. The number of carbonyl (C=O) groups is 1. The Morgan fingerprint density at radius 3 is 2.70 bits per heavy atom. The number of anilines is 1. The fraction of sp³-hybridized carbons (Fsp3) is 0.500. The third-order valence-corrected chi connectivity index (χ3v) is 4.94. The molecule has 20 heavy (non-hydrogen) atoms. The van der Waals surface area contributed by atoms with Crippen LogP contribution in [0.15, 0.2) is 17.0 Å². The molecule has 0 aliphatic heterocycles. The minimum Gasteiger partial charge on any atom is -0.494 e. The molecule has 1 fully saturated rings. The van der Waals surface area contributed by atoms with Crippen LogP contribution in [0.5, 0.6) is 5.75 Å². The molecule has 0 unspecified atom stereocenters. The van der Waals surface area contributed by atoms with Gasteiger partial charge in [0.25, 0.3) is 0 Å². The number of nitrogen functional groups attached to an aromatic ring is 1. The number of carbonyl (C=O) groups excluding carboxylic acids is 1. The van der Waals surface area contributed by atoms with Crippen molar-refractivity contribution in [3.05, 3.63) is 17.9 Å². The Hall–Kier alpha value is -1.43. The van der Waals surface area contributed by atoms with Gasteiger partial charge in [0.05, 0.1) is 20.6 Å². The van der Waals surface area contributed by atoms with Crippen molar-refractivity contribution in [2.45, 2.75) is 24.2 Å². The summed E-state index contributed by atoms with van der Waals surface area (Å²) in [7, 11) is 2.82. The Morgan fingerprint density at radius 2 is 2.15 bits per heavy atom. The standard InChI is InChI=1S/C14H18FNO3S/c1-18-11-6-12(10(16)5-9(11)15)20-8-14(3-4-14)7-13(17)19-2/h5-6H,3-4,7-8,16H2,1-2H3. The summed E-state index contributed by atoms with van der Waals surface area (Å²) in [5, 5.41) is 0. The van der Waals surface area contributed by atoms with Crippen LogP contribution in [0.25, 0.3) is 0 Å². The number of benzene rings is 1. The molecule has 0 aromatic heterocycles. The molecular formula is C14H18FNO3S. The van der Waals surface area contributed by atoms with Crippen LogP contribution in [-0.2, 0) is 9.53 Å². The molecule has 0 radical (unpaired) electrons. The van der Waals surface area contributed by atoms with E-state index in [9.17, 15) is 9.18 Å². The number of rotatable bonds is 6. The molecule has 4 nitrogen and oxygen atoms in total. The van der Waals surface area contributed by atoms with E-state index in [4.69, 9.17) is 15.2 Å². The SMILES string of the molecule is COC(=O)CC1(CSc2cc(OC)c(F)cc2N)CC1. The van der Waals surface area contributed by atoms with Crippen LogP contribution in [0.1, 0.15) is 19.3 Å². The summed E-state index contributed by atoms with van der Waals surface area (Å²) < 4.78 is 23.1. The Balaban J connectivity index is 2.02. The van der Waals surface area contributed by atoms with Gasteiger partial charge in [0.1, 0.15) is 0 Å². The summed E-state index contributed by atoms with van der Waals surface area (Å²) >= 11 is 1.53. The second-order valence-corrected chi connectivity index (χ2v) is 6.08. The van der Waals surface area contributed by atoms with Crippen LogP contribution in [0.2, 0.25) is 0 Å². The van der Waals surface area contributed by atoms with Crippen molar-refractivity contribution in [3.63, 3.8) is 0 Å². The molecular weight excluding hydrogens is 281 g/mol. The maximum Gasteiger partial charge on any atom is 0.306 e. The summed E-state index contributed by atoms with van der Waals surface area (Å²) in [6.07, 6.45) is 2.44. The maximum atomic E-state index is 13.5. The lowest BCUT2D eigenvalue weighted by molar-refractivity contribution is -0.141. The number of thioether (sulfide) groups is 1. The molecule has 2 rings (SSSR count). The summed E-state index contributed by atoms with van der Waals surface area (Å²) in [6.45, 7) is 0. The van der Waals surface area contributed by atoms with Gasteiger partial charge < -0.3 is 15.2 Å². The van der Waals surface area contributed by atoms with Crippen LogP contribution in [0.3, 0.4) is 0 Å². The Labute approximate surface area is 121 Å². The number of hydrogen-bond donors (Lipinski definition) is 1. The Morgan fingerprint density at radius 1 is 1.45 bits per heavy atom. The summed E-state index contributed by atoms with van der Waals surface area (Å²) in [4.78, 5) is 12.1. The third-order valence-electron chi connectivity index (χ3n) is 3.52. The van der Waals surface area contributed by atoms with Crippen molar-refractivity contribution >= 4 is 23.4 Å². The molecule has 1 saturated carbocycles. The molecule has 1 aliphatic carbocycles. The molecule has 0 amide bonds. The molecule has 6 heteroatoms. The summed E-state index contributed by atoms with van der Waals surface area (Å²) in [5.74, 6) is 0.290. The van der Waals surface area contributed by atoms with E-state index in [0.717, 1.165) is 23.5 Å². The predicted octanol–water partition coefficient (Wildman–Crippen LogP) is 2.85. The van der Waals surface area contributed by atoms with E-state index in [1.165, 1.54) is 32.0 Å². The molecule has 1 aliphatic rings. The zero-order valence-electron chi connectivity index (χ0n) is 11.6. The van der Waals surface area contributed by atoms with E-state index >= 15 is 0 Å². The average molecular weight is 299 g/mol. The topological polar surface area (TPSA) is 61.5 Å². The lowest BCUT2D eigenvalue weighted by atomic mass is 10.1. The van der Waals surface area contributed by atoms with E-state index in [1.54, 1.807) is 6.07 Å². The number of ether oxygens (including phenoxy) is 2. The second-order valence-electron chi connectivity index (χ2n) is 5.07. The van der Waals surface area contributed by atoms with E-state index in [2.05, 4.69) is 0 Å². The number of nitrogens with two attached hydrogens (primary N) is 1. The highest BCUT2D eigenvalue weighted by atomic mass is 32.2. The van der Waals surface area contributed by atoms with Crippen LogP contribution in [0, 0.1) is 11.2 Å². The fourth-order valence-corrected chi connectivity index (χ4v) is 3.26. The number of hydrogen-bond acceptors (Lipinski definition) is 5. The first-order valence-corrected chi connectivity index (χ1v) is 7.31. The second kappa shape index (κ2) is 5.91. The normalized spacial score (nSPS) is 15.8. The summed E-state index contributed by atoms with van der Waals surface area (Å²) in [5.41, 5.74) is 6.21. The quantitative estimate of drug-likeness (QED) is 0.497. The van der Waals surface area contributed by atoms with Crippen LogP contribution >= 0.6 is 11.8 Å². The van der Waals surface area contributed by atoms with Gasteiger partial charge in [-0.3, -0.25) is 4.79 Å².